The molecule has 0 atom stereocenters. The van der Waals surface area contributed by atoms with Crippen molar-refractivity contribution >= 4 is 31.7 Å². The molecule has 3 rings (SSSR count). The minimum absolute atomic E-state index is 0. The van der Waals surface area contributed by atoms with Gasteiger partial charge in [0.2, 0.25) is 0 Å². The molecular formula is C17H15NaO3S. The largest absolute Gasteiger partial charge is 1.00 e. The Balaban J connectivity index is 0.00000132. The maximum absolute atomic E-state index is 12.3. The first-order chi connectivity index (χ1) is 9.97. The molecule has 3 aromatic carbocycles. The van der Waals surface area contributed by atoms with Crippen LogP contribution in [0.2, 0.25) is 0 Å². The predicted molar refractivity (Wildman–Crippen MR) is 85.7 cm³/mol. The summed E-state index contributed by atoms with van der Waals surface area (Å²) in [7, 11) is -3.85. The van der Waals surface area contributed by atoms with Crippen LogP contribution in [0.1, 0.15) is 8.35 Å². The molecule has 3 nitrogen and oxygen atoms in total. The van der Waals surface area contributed by atoms with Crippen LogP contribution in [0.3, 0.4) is 0 Å². The van der Waals surface area contributed by atoms with Gasteiger partial charge in [-0.2, -0.15) is 8.42 Å². The van der Waals surface area contributed by atoms with Crippen molar-refractivity contribution in [2.75, 3.05) is 0 Å². The summed E-state index contributed by atoms with van der Waals surface area (Å²) in [5.41, 5.74) is 0. The molecule has 0 N–H and O–H groups in total. The Labute approximate surface area is 153 Å². The van der Waals surface area contributed by atoms with E-state index >= 15 is 0 Å². The molecule has 3 aromatic rings. The van der Waals surface area contributed by atoms with Crippen molar-refractivity contribution in [3.05, 3.63) is 66.9 Å². The Hall–Kier alpha value is -1.33. The van der Waals surface area contributed by atoms with E-state index in [0.717, 1.165) is 16.2 Å². The molecule has 0 saturated carbocycles. The van der Waals surface area contributed by atoms with Gasteiger partial charge in [-0.15, -0.1) is 0 Å². The van der Waals surface area contributed by atoms with Gasteiger partial charge in [0.1, 0.15) is 10.7 Å². The SMILES string of the molecule is C=C(C)OS(=O)(=O)c1cccc2cc3ccccc3cc12.[H-].[Na+]. The number of rotatable bonds is 3. The second-order valence-electron chi connectivity index (χ2n) is 4.92. The smallest absolute Gasteiger partial charge is 1.00 e. The molecule has 5 heteroatoms. The van der Waals surface area contributed by atoms with Gasteiger partial charge in [0.15, 0.2) is 0 Å². The molecule has 0 heterocycles. The van der Waals surface area contributed by atoms with Gasteiger partial charge in [-0.25, -0.2) is 0 Å². The monoisotopic (exact) mass is 322 g/mol. The topological polar surface area (TPSA) is 43.4 Å². The van der Waals surface area contributed by atoms with Gasteiger partial charge in [0.25, 0.3) is 0 Å². The van der Waals surface area contributed by atoms with Crippen LogP contribution in [-0.4, -0.2) is 8.42 Å². The number of allylic oxidation sites excluding steroid dienone is 1. The van der Waals surface area contributed by atoms with Crippen molar-refractivity contribution < 1.29 is 43.6 Å². The zero-order valence-corrected chi connectivity index (χ0v) is 15.4. The van der Waals surface area contributed by atoms with E-state index in [2.05, 4.69) is 6.58 Å². The minimum Gasteiger partial charge on any atom is -1.00 e. The van der Waals surface area contributed by atoms with Crippen LogP contribution < -0.4 is 29.6 Å². The molecule has 0 bridgehead atoms. The Kier molecular flexibility index (Phi) is 4.97. The van der Waals surface area contributed by atoms with E-state index in [0.29, 0.717) is 5.39 Å². The zero-order chi connectivity index (χ0) is 15.0. The molecule has 0 aromatic heterocycles. The van der Waals surface area contributed by atoms with E-state index in [1.807, 2.05) is 42.5 Å². The molecule has 108 valence electrons. The van der Waals surface area contributed by atoms with Crippen LogP contribution in [0.25, 0.3) is 21.5 Å². The summed E-state index contributed by atoms with van der Waals surface area (Å²) >= 11 is 0. The molecule has 0 radical (unpaired) electrons. The quantitative estimate of drug-likeness (QED) is 0.316. The van der Waals surface area contributed by atoms with Crippen LogP contribution >= 0.6 is 0 Å². The zero-order valence-electron chi connectivity index (χ0n) is 13.5. The molecule has 0 aliphatic carbocycles. The van der Waals surface area contributed by atoms with Crippen LogP contribution in [0, 0.1) is 0 Å². The number of fused-ring (bicyclic) bond motifs is 2. The average Bonchev–Trinajstić information content (AvgIpc) is 2.43. The summed E-state index contributed by atoms with van der Waals surface area (Å²) in [6, 6.07) is 16.8. The van der Waals surface area contributed by atoms with E-state index in [9.17, 15) is 8.42 Å². The van der Waals surface area contributed by atoms with Gasteiger partial charge in [-0.1, -0.05) is 43.0 Å². The van der Waals surface area contributed by atoms with Crippen LogP contribution in [-0.2, 0) is 14.3 Å². The minimum atomic E-state index is -3.85. The van der Waals surface area contributed by atoms with E-state index in [-0.39, 0.29) is 41.6 Å². The van der Waals surface area contributed by atoms with Gasteiger partial charge in [0.05, 0.1) is 0 Å². The van der Waals surface area contributed by atoms with Crippen molar-refractivity contribution in [3.63, 3.8) is 0 Å². The summed E-state index contributed by atoms with van der Waals surface area (Å²) < 4.78 is 29.5. The molecule has 0 unspecified atom stereocenters. The van der Waals surface area contributed by atoms with E-state index < -0.39 is 10.1 Å². The Morgan fingerprint density at radius 1 is 1.00 bits per heavy atom. The van der Waals surface area contributed by atoms with Crippen molar-refractivity contribution in [1.29, 1.82) is 0 Å². The Bertz CT molecular complexity index is 968. The normalized spacial score (nSPS) is 11.1. The predicted octanol–water partition coefficient (Wildman–Crippen LogP) is 1.35. The van der Waals surface area contributed by atoms with E-state index in [1.54, 1.807) is 12.1 Å². The average molecular weight is 322 g/mol. The Morgan fingerprint density at radius 2 is 1.59 bits per heavy atom. The molecule has 0 saturated heterocycles. The standard InChI is InChI=1S/C17H14O3S.Na.H/c1-12(2)20-21(18,19)17-9-5-8-15-10-13-6-3-4-7-14(13)11-16(15)17;;/h3-11H,1H2,2H3;;/q;+1;-1. The summed E-state index contributed by atoms with van der Waals surface area (Å²) in [4.78, 5) is 0.161. The maximum Gasteiger partial charge on any atom is 1.00 e. The molecule has 22 heavy (non-hydrogen) atoms. The summed E-state index contributed by atoms with van der Waals surface area (Å²) in [6.45, 7) is 5.01. The van der Waals surface area contributed by atoms with Crippen molar-refractivity contribution in [3.8, 4) is 0 Å². The van der Waals surface area contributed by atoms with Crippen LogP contribution in [0.15, 0.2) is 71.8 Å². The molecule has 0 amide bonds. The Morgan fingerprint density at radius 3 is 2.23 bits per heavy atom. The third-order valence-electron chi connectivity index (χ3n) is 3.23. The van der Waals surface area contributed by atoms with E-state index in [4.69, 9.17) is 4.18 Å². The van der Waals surface area contributed by atoms with Crippen LogP contribution in [0.4, 0.5) is 0 Å². The second kappa shape index (κ2) is 6.42. The fourth-order valence-corrected chi connectivity index (χ4v) is 3.54. The van der Waals surface area contributed by atoms with Gasteiger partial charge >= 0.3 is 39.7 Å². The van der Waals surface area contributed by atoms with Crippen molar-refractivity contribution in [2.24, 2.45) is 0 Å². The summed E-state index contributed by atoms with van der Waals surface area (Å²) in [5.74, 6) is 0.146. The maximum atomic E-state index is 12.3. The fraction of sp³-hybridized carbons (Fsp3) is 0.0588. The molecule has 0 spiro atoms. The van der Waals surface area contributed by atoms with Crippen molar-refractivity contribution in [2.45, 2.75) is 11.8 Å². The number of hydrogen-bond donors (Lipinski definition) is 0. The first kappa shape index (κ1) is 17.0. The third kappa shape index (κ3) is 3.20. The second-order valence-corrected chi connectivity index (χ2v) is 6.43. The van der Waals surface area contributed by atoms with Gasteiger partial charge in [-0.05, 0) is 41.3 Å². The van der Waals surface area contributed by atoms with Gasteiger partial charge in [0, 0.05) is 5.39 Å². The number of benzene rings is 3. The third-order valence-corrected chi connectivity index (χ3v) is 4.63. The first-order valence-corrected chi connectivity index (χ1v) is 7.90. The molecule has 0 aliphatic rings. The van der Waals surface area contributed by atoms with Gasteiger partial charge < -0.3 is 5.61 Å². The summed E-state index contributed by atoms with van der Waals surface area (Å²) in [5, 5.41) is 3.57. The van der Waals surface area contributed by atoms with Crippen LogP contribution in [0.5, 0.6) is 0 Å². The van der Waals surface area contributed by atoms with Gasteiger partial charge in [-0.3, -0.25) is 0 Å². The number of hydrogen-bond acceptors (Lipinski definition) is 3. The van der Waals surface area contributed by atoms with E-state index in [1.165, 1.54) is 6.92 Å². The fourth-order valence-electron chi connectivity index (χ4n) is 2.39. The molecular weight excluding hydrogens is 307 g/mol. The van der Waals surface area contributed by atoms with Crippen molar-refractivity contribution in [1.82, 2.24) is 0 Å². The first-order valence-electron chi connectivity index (χ1n) is 6.49. The summed E-state index contributed by atoms with van der Waals surface area (Å²) in [6.07, 6.45) is 0. The molecule has 0 aliphatic heterocycles. The molecule has 0 fully saturated rings.